The minimum Gasteiger partial charge on any atom is -0.371 e. The van der Waals surface area contributed by atoms with Gasteiger partial charge in [0.05, 0.1) is 11.4 Å². The van der Waals surface area contributed by atoms with E-state index in [0.29, 0.717) is 35.2 Å². The van der Waals surface area contributed by atoms with Crippen molar-refractivity contribution in [2.24, 2.45) is 21.8 Å². The first-order chi connectivity index (χ1) is 20.4. The third-order valence-corrected chi connectivity index (χ3v) is 8.10. The lowest BCUT2D eigenvalue weighted by molar-refractivity contribution is -0.111. The number of ketones is 1. The molecule has 1 saturated heterocycles. The second-order valence-corrected chi connectivity index (χ2v) is 11.9. The highest BCUT2D eigenvalue weighted by Crippen LogP contribution is 2.30. The SMILES string of the molecule is C=C\C(C)=C/C=C(C)\C(=C/C(=N\C)C1=CC(=O)C(=C)CC(/C=C\C(=C/C)N2CCC(=C)C(CC(C)C)CC2)=N1)C(=C)CC. The third kappa shape index (κ3) is 10.8. The van der Waals surface area contributed by atoms with E-state index in [1.807, 2.05) is 31.2 Å². The summed E-state index contributed by atoms with van der Waals surface area (Å²) in [5.74, 6) is 1.12. The predicted molar refractivity (Wildman–Crippen MR) is 189 cm³/mol. The van der Waals surface area contributed by atoms with Crippen molar-refractivity contribution in [3.05, 3.63) is 120 Å². The van der Waals surface area contributed by atoms with Gasteiger partial charge >= 0.3 is 0 Å². The molecule has 4 nitrogen and oxygen atoms in total. The summed E-state index contributed by atoms with van der Waals surface area (Å²) in [5.41, 5.74) is 9.07. The Kier molecular flexibility index (Phi) is 14.3. The van der Waals surface area contributed by atoms with Crippen molar-refractivity contribution in [3.63, 3.8) is 0 Å². The molecule has 43 heavy (non-hydrogen) atoms. The molecule has 2 rings (SSSR count). The Morgan fingerprint density at radius 2 is 1.93 bits per heavy atom. The van der Waals surface area contributed by atoms with Crippen LogP contribution in [0.1, 0.15) is 73.6 Å². The van der Waals surface area contributed by atoms with E-state index in [1.54, 1.807) is 13.1 Å². The van der Waals surface area contributed by atoms with E-state index >= 15 is 0 Å². The van der Waals surface area contributed by atoms with Gasteiger partial charge in [-0.15, -0.1) is 0 Å². The van der Waals surface area contributed by atoms with E-state index in [1.165, 1.54) is 12.0 Å². The fourth-order valence-corrected chi connectivity index (χ4v) is 5.26. The summed E-state index contributed by atoms with van der Waals surface area (Å²) in [6.07, 6.45) is 20.3. The number of aliphatic imine (C=N–C) groups is 2. The van der Waals surface area contributed by atoms with Crippen LogP contribution < -0.4 is 0 Å². The standard InChI is InChI=1S/C39H53N3O/c1-12-28(6)15-16-31(9)36(29(7)13-2)25-37(40-11)38-26-39(43)32(10)24-34(41-38)17-18-35(14-3)42-21-19-30(8)33(20-22-42)23-27(4)5/h12,14-18,25-27,33H,1,7-8,10,13,19-24H2,2-6,9,11H3/b18-17-,28-15-,31-16-,35-14+,36-25-,40-37+. The van der Waals surface area contributed by atoms with Crippen LogP contribution in [0.4, 0.5) is 0 Å². The Hall–Kier alpha value is -3.79. The summed E-state index contributed by atoms with van der Waals surface area (Å²) < 4.78 is 0. The lowest BCUT2D eigenvalue weighted by Crippen LogP contribution is -2.23. The molecular formula is C39H53N3O. The minimum absolute atomic E-state index is 0.127. The van der Waals surface area contributed by atoms with Crippen molar-refractivity contribution in [1.82, 2.24) is 4.90 Å². The normalized spacial score (nSPS) is 20.4. The lowest BCUT2D eigenvalue weighted by atomic mass is 9.88. The average molecular weight is 580 g/mol. The molecule has 0 aromatic carbocycles. The van der Waals surface area contributed by atoms with Gasteiger partial charge < -0.3 is 4.90 Å². The van der Waals surface area contributed by atoms with E-state index in [9.17, 15) is 4.79 Å². The number of carbonyl (C=O) groups excluding carboxylic acids is 1. The first kappa shape index (κ1) is 35.4. The van der Waals surface area contributed by atoms with Gasteiger partial charge in [0.25, 0.3) is 0 Å². The molecule has 1 atom stereocenters. The van der Waals surface area contributed by atoms with Gasteiger partial charge in [0.15, 0.2) is 5.78 Å². The Morgan fingerprint density at radius 3 is 2.53 bits per heavy atom. The number of rotatable bonds is 12. The fraction of sp³-hybridized carbons (Fsp3) is 0.410. The average Bonchev–Trinajstić information content (AvgIpc) is 3.24. The minimum atomic E-state index is -0.127. The Morgan fingerprint density at radius 1 is 1.21 bits per heavy atom. The first-order valence-electron chi connectivity index (χ1n) is 15.6. The third-order valence-electron chi connectivity index (χ3n) is 8.10. The maximum Gasteiger partial charge on any atom is 0.183 e. The van der Waals surface area contributed by atoms with Crippen LogP contribution in [-0.4, -0.2) is 42.2 Å². The Labute approximate surface area is 261 Å². The van der Waals surface area contributed by atoms with Crippen molar-refractivity contribution in [1.29, 1.82) is 0 Å². The molecule has 0 spiro atoms. The van der Waals surface area contributed by atoms with Crippen molar-refractivity contribution in [3.8, 4) is 0 Å². The van der Waals surface area contributed by atoms with Gasteiger partial charge in [-0.3, -0.25) is 14.8 Å². The van der Waals surface area contributed by atoms with Crippen molar-refractivity contribution in [2.75, 3.05) is 20.1 Å². The van der Waals surface area contributed by atoms with Crippen LogP contribution in [0, 0.1) is 11.8 Å². The number of carbonyl (C=O) groups is 1. The monoisotopic (exact) mass is 579 g/mol. The van der Waals surface area contributed by atoms with Gasteiger partial charge in [-0.25, -0.2) is 0 Å². The van der Waals surface area contributed by atoms with E-state index in [-0.39, 0.29) is 5.78 Å². The number of likely N-dealkylation sites (tertiary alicyclic amines) is 1. The highest BCUT2D eigenvalue weighted by atomic mass is 16.1. The summed E-state index contributed by atoms with van der Waals surface area (Å²) in [4.78, 5) is 25.0. The van der Waals surface area contributed by atoms with Gasteiger partial charge in [0.2, 0.25) is 0 Å². The molecule has 2 aliphatic heterocycles. The number of nitrogens with zero attached hydrogens (tertiary/aromatic N) is 3. The molecule has 0 saturated carbocycles. The van der Waals surface area contributed by atoms with Gasteiger partial charge in [0.1, 0.15) is 0 Å². The molecular weight excluding hydrogens is 526 g/mol. The van der Waals surface area contributed by atoms with E-state index in [0.717, 1.165) is 66.1 Å². The van der Waals surface area contributed by atoms with E-state index in [4.69, 9.17) is 4.99 Å². The topological polar surface area (TPSA) is 45.0 Å². The van der Waals surface area contributed by atoms with Crippen LogP contribution in [0.3, 0.4) is 0 Å². The molecule has 1 unspecified atom stereocenters. The van der Waals surface area contributed by atoms with E-state index < -0.39 is 0 Å². The Balaban J connectivity index is 2.43. The van der Waals surface area contributed by atoms with Gasteiger partial charge in [-0.05, 0) is 98.8 Å². The van der Waals surface area contributed by atoms with Crippen molar-refractivity contribution in [2.45, 2.75) is 73.6 Å². The van der Waals surface area contributed by atoms with Crippen LogP contribution in [-0.2, 0) is 4.79 Å². The highest BCUT2D eigenvalue weighted by Gasteiger charge is 2.22. The van der Waals surface area contributed by atoms with Crippen LogP contribution in [0.15, 0.2) is 130 Å². The van der Waals surface area contributed by atoms with Crippen LogP contribution in [0.5, 0.6) is 0 Å². The molecule has 230 valence electrons. The maximum atomic E-state index is 13.0. The molecule has 0 amide bonds. The summed E-state index contributed by atoms with van der Waals surface area (Å²) in [7, 11) is 1.73. The summed E-state index contributed by atoms with van der Waals surface area (Å²) >= 11 is 0. The Bertz CT molecular complexity index is 1350. The first-order valence-corrected chi connectivity index (χ1v) is 15.6. The smallest absolute Gasteiger partial charge is 0.183 e. The molecule has 2 aliphatic rings. The van der Waals surface area contributed by atoms with Crippen LogP contribution in [0.25, 0.3) is 0 Å². The zero-order chi connectivity index (χ0) is 32.1. The van der Waals surface area contributed by atoms with Gasteiger partial charge in [-0.1, -0.05) is 82.5 Å². The zero-order valence-electron chi connectivity index (χ0n) is 27.8. The molecule has 2 heterocycles. The molecule has 0 N–H and O–H groups in total. The molecule has 0 radical (unpaired) electrons. The molecule has 1 fully saturated rings. The van der Waals surface area contributed by atoms with Crippen molar-refractivity contribution >= 4 is 17.2 Å². The van der Waals surface area contributed by atoms with E-state index in [2.05, 4.69) is 89.1 Å². The molecule has 0 aliphatic carbocycles. The number of hydrogen-bond acceptors (Lipinski definition) is 4. The molecule has 4 heteroatoms. The summed E-state index contributed by atoms with van der Waals surface area (Å²) in [6, 6.07) is 0. The van der Waals surface area contributed by atoms with Crippen molar-refractivity contribution < 1.29 is 4.79 Å². The second kappa shape index (κ2) is 17.4. The quantitative estimate of drug-likeness (QED) is 0.1000. The molecule has 0 bridgehead atoms. The van der Waals surface area contributed by atoms with Crippen LogP contribution >= 0.6 is 0 Å². The predicted octanol–water partition coefficient (Wildman–Crippen LogP) is 9.66. The summed E-state index contributed by atoms with van der Waals surface area (Å²) in [5, 5.41) is 0. The fourth-order valence-electron chi connectivity index (χ4n) is 5.26. The lowest BCUT2D eigenvalue weighted by Gasteiger charge is -2.24. The highest BCUT2D eigenvalue weighted by molar-refractivity contribution is 6.20. The number of hydrogen-bond donors (Lipinski definition) is 0. The summed E-state index contributed by atoms with van der Waals surface area (Å²) in [6.45, 7) is 31.4. The zero-order valence-corrected chi connectivity index (χ0v) is 27.8. The van der Waals surface area contributed by atoms with Crippen LogP contribution in [0.2, 0.25) is 0 Å². The number of allylic oxidation sites excluding steroid dienone is 13. The maximum absolute atomic E-state index is 13.0. The largest absolute Gasteiger partial charge is 0.371 e. The molecule has 0 aromatic rings. The van der Waals surface area contributed by atoms with Gasteiger partial charge in [-0.2, -0.15) is 0 Å². The second-order valence-electron chi connectivity index (χ2n) is 11.9. The molecule has 0 aromatic heterocycles. The van der Waals surface area contributed by atoms with Gasteiger partial charge in [0, 0.05) is 44.0 Å².